The number of hydrogen-bond acceptors (Lipinski definition) is 5. The molecule has 2 N–H and O–H groups in total. The van der Waals surface area contributed by atoms with Crippen LogP contribution < -0.4 is 10.6 Å². The molecule has 0 aliphatic carbocycles. The summed E-state index contributed by atoms with van der Waals surface area (Å²) >= 11 is 1.34. The van der Waals surface area contributed by atoms with E-state index in [0.29, 0.717) is 11.6 Å². The first-order valence-corrected chi connectivity index (χ1v) is 9.72. The summed E-state index contributed by atoms with van der Waals surface area (Å²) in [5, 5.41) is 7.78. The van der Waals surface area contributed by atoms with Crippen molar-refractivity contribution in [2.75, 3.05) is 5.32 Å². The normalized spacial score (nSPS) is 11.5. The van der Waals surface area contributed by atoms with Crippen LogP contribution in [-0.2, 0) is 22.6 Å². The largest absolute Gasteiger partial charge is 0.445 e. The summed E-state index contributed by atoms with van der Waals surface area (Å²) in [7, 11) is 0. The van der Waals surface area contributed by atoms with Crippen molar-refractivity contribution in [2.45, 2.75) is 26.0 Å². The van der Waals surface area contributed by atoms with Crippen LogP contribution in [0.3, 0.4) is 0 Å². The van der Waals surface area contributed by atoms with E-state index in [-0.39, 0.29) is 12.5 Å². The van der Waals surface area contributed by atoms with Crippen LogP contribution in [0.2, 0.25) is 0 Å². The Morgan fingerprint density at radius 2 is 1.68 bits per heavy atom. The van der Waals surface area contributed by atoms with Gasteiger partial charge in [0.2, 0.25) is 5.91 Å². The Morgan fingerprint density at radius 3 is 2.29 bits per heavy atom. The van der Waals surface area contributed by atoms with Crippen molar-refractivity contribution in [2.24, 2.45) is 0 Å². The van der Waals surface area contributed by atoms with E-state index in [1.165, 1.54) is 11.3 Å². The van der Waals surface area contributed by atoms with Gasteiger partial charge in [0.25, 0.3) is 0 Å². The van der Waals surface area contributed by atoms with Gasteiger partial charge in [-0.15, -0.1) is 11.3 Å². The zero-order chi connectivity index (χ0) is 19.8. The molecule has 3 rings (SSSR count). The van der Waals surface area contributed by atoms with Gasteiger partial charge in [-0.25, -0.2) is 9.78 Å². The Labute approximate surface area is 167 Å². The predicted molar refractivity (Wildman–Crippen MR) is 109 cm³/mol. The minimum absolute atomic E-state index is 0.137. The Hall–Kier alpha value is -3.19. The number of aryl methyl sites for hydroxylation is 1. The van der Waals surface area contributed by atoms with Crippen molar-refractivity contribution in [1.29, 1.82) is 0 Å². The van der Waals surface area contributed by atoms with Gasteiger partial charge in [0.1, 0.15) is 12.6 Å². The number of nitrogens with one attached hydrogen (secondary N) is 2. The lowest BCUT2D eigenvalue weighted by Gasteiger charge is -2.18. The van der Waals surface area contributed by atoms with Crippen molar-refractivity contribution in [1.82, 2.24) is 10.3 Å². The fourth-order valence-corrected chi connectivity index (χ4v) is 3.26. The van der Waals surface area contributed by atoms with Crippen molar-refractivity contribution in [3.63, 3.8) is 0 Å². The molecule has 0 saturated carbocycles. The molecule has 0 aliphatic heterocycles. The fraction of sp³-hybridized carbons (Fsp3) is 0.190. The second-order valence-corrected chi connectivity index (χ2v) is 7.09. The maximum atomic E-state index is 12.7. The number of carbonyl (C=O) groups is 2. The molecule has 6 nitrogen and oxygen atoms in total. The van der Waals surface area contributed by atoms with Crippen LogP contribution in [0.5, 0.6) is 0 Å². The van der Waals surface area contributed by atoms with Crippen molar-refractivity contribution < 1.29 is 14.3 Å². The molecule has 0 bridgehead atoms. The first-order valence-electron chi connectivity index (χ1n) is 8.84. The maximum Gasteiger partial charge on any atom is 0.408 e. The Balaban J connectivity index is 1.64. The molecule has 1 heterocycles. The highest BCUT2D eigenvalue weighted by molar-refractivity contribution is 7.13. The highest BCUT2D eigenvalue weighted by Gasteiger charge is 2.23. The number of aromatic nitrogens is 1. The van der Waals surface area contributed by atoms with Gasteiger partial charge in [0.15, 0.2) is 5.13 Å². The number of carbonyl (C=O) groups excluding carboxylic acids is 2. The van der Waals surface area contributed by atoms with Gasteiger partial charge < -0.3 is 15.4 Å². The van der Waals surface area contributed by atoms with Crippen LogP contribution in [0.15, 0.2) is 66.0 Å². The van der Waals surface area contributed by atoms with Gasteiger partial charge in [0, 0.05) is 11.8 Å². The van der Waals surface area contributed by atoms with Gasteiger partial charge in [-0.05, 0) is 18.1 Å². The number of anilines is 1. The molecule has 2 amide bonds. The van der Waals surface area contributed by atoms with E-state index in [4.69, 9.17) is 4.74 Å². The molecule has 2 aromatic carbocycles. The summed E-state index contributed by atoms with van der Waals surface area (Å²) in [5.41, 5.74) is 2.64. The molecule has 1 atom stereocenters. The van der Waals surface area contributed by atoms with E-state index in [1.54, 1.807) is 0 Å². The molecule has 0 radical (unpaired) electrons. The molecular formula is C21H21N3O3S. The SMILES string of the molecule is Cc1csc(NC(=O)C(Cc2ccccc2)NC(=O)OCc2ccccc2)n1. The summed E-state index contributed by atoms with van der Waals surface area (Å²) < 4.78 is 5.26. The quantitative estimate of drug-likeness (QED) is 0.635. The average molecular weight is 395 g/mol. The summed E-state index contributed by atoms with van der Waals surface area (Å²) in [6.07, 6.45) is -0.299. The van der Waals surface area contributed by atoms with Crippen LogP contribution in [0.25, 0.3) is 0 Å². The lowest BCUT2D eigenvalue weighted by Crippen LogP contribution is -2.45. The second kappa shape index (κ2) is 9.66. The van der Waals surface area contributed by atoms with E-state index in [9.17, 15) is 9.59 Å². The topological polar surface area (TPSA) is 80.3 Å². The lowest BCUT2D eigenvalue weighted by molar-refractivity contribution is -0.118. The first kappa shape index (κ1) is 19.6. The van der Waals surface area contributed by atoms with E-state index in [1.807, 2.05) is 73.0 Å². The summed E-state index contributed by atoms with van der Waals surface area (Å²) in [5.74, 6) is -0.338. The smallest absolute Gasteiger partial charge is 0.408 e. The number of alkyl carbamates (subject to hydrolysis) is 1. The molecule has 1 unspecified atom stereocenters. The van der Waals surface area contributed by atoms with Gasteiger partial charge >= 0.3 is 6.09 Å². The van der Waals surface area contributed by atoms with Crippen LogP contribution in [-0.4, -0.2) is 23.0 Å². The highest BCUT2D eigenvalue weighted by Crippen LogP contribution is 2.15. The Kier molecular flexibility index (Phi) is 6.75. The third kappa shape index (κ3) is 5.92. The lowest BCUT2D eigenvalue weighted by atomic mass is 10.1. The van der Waals surface area contributed by atoms with E-state index in [0.717, 1.165) is 16.8 Å². The minimum Gasteiger partial charge on any atom is -0.445 e. The fourth-order valence-electron chi connectivity index (χ4n) is 2.57. The molecule has 28 heavy (non-hydrogen) atoms. The van der Waals surface area contributed by atoms with Gasteiger partial charge in [-0.2, -0.15) is 0 Å². The number of amides is 2. The molecule has 0 spiro atoms. The highest BCUT2D eigenvalue weighted by atomic mass is 32.1. The average Bonchev–Trinajstić information content (AvgIpc) is 3.12. The maximum absolute atomic E-state index is 12.7. The summed E-state index contributed by atoms with van der Waals surface area (Å²) in [6.45, 7) is 1.99. The predicted octanol–water partition coefficient (Wildman–Crippen LogP) is 3.93. The number of rotatable bonds is 7. The van der Waals surface area contributed by atoms with Crippen molar-refractivity contribution in [3.05, 3.63) is 82.9 Å². The minimum atomic E-state index is -0.783. The molecule has 7 heteroatoms. The van der Waals surface area contributed by atoms with Gasteiger partial charge in [0.05, 0.1) is 5.69 Å². The molecule has 0 saturated heterocycles. The summed E-state index contributed by atoms with van der Waals surface area (Å²) in [6, 6.07) is 18.1. The van der Waals surface area contributed by atoms with Crippen LogP contribution >= 0.6 is 11.3 Å². The van der Waals surface area contributed by atoms with Crippen molar-refractivity contribution >= 4 is 28.5 Å². The van der Waals surface area contributed by atoms with E-state index in [2.05, 4.69) is 15.6 Å². The third-order valence-corrected chi connectivity index (χ3v) is 4.83. The number of ether oxygens (including phenoxy) is 1. The molecular weight excluding hydrogens is 374 g/mol. The van der Waals surface area contributed by atoms with Crippen LogP contribution in [0.1, 0.15) is 16.8 Å². The second-order valence-electron chi connectivity index (χ2n) is 6.23. The number of benzene rings is 2. The van der Waals surface area contributed by atoms with Crippen molar-refractivity contribution in [3.8, 4) is 0 Å². The number of hydrogen-bond donors (Lipinski definition) is 2. The van der Waals surface area contributed by atoms with E-state index < -0.39 is 12.1 Å². The molecule has 1 aromatic heterocycles. The standard InChI is InChI=1S/C21H21N3O3S/c1-15-14-28-20(22-15)24-19(25)18(12-16-8-4-2-5-9-16)23-21(26)27-13-17-10-6-3-7-11-17/h2-11,14,18H,12-13H2,1H3,(H,23,26)(H,22,24,25). The third-order valence-electron chi connectivity index (χ3n) is 3.95. The Bertz CT molecular complexity index is 913. The summed E-state index contributed by atoms with van der Waals surface area (Å²) in [4.78, 5) is 29.2. The van der Waals surface area contributed by atoms with Crippen LogP contribution in [0.4, 0.5) is 9.93 Å². The van der Waals surface area contributed by atoms with Gasteiger partial charge in [-0.3, -0.25) is 4.79 Å². The molecule has 3 aromatic rings. The zero-order valence-corrected chi connectivity index (χ0v) is 16.2. The molecule has 144 valence electrons. The number of nitrogens with zero attached hydrogens (tertiary/aromatic N) is 1. The van der Waals surface area contributed by atoms with Gasteiger partial charge in [-0.1, -0.05) is 60.7 Å². The van der Waals surface area contributed by atoms with E-state index >= 15 is 0 Å². The molecule has 0 aliphatic rings. The first-order chi connectivity index (χ1) is 13.6. The molecule has 0 fully saturated rings. The van der Waals surface area contributed by atoms with Crippen LogP contribution in [0, 0.1) is 6.92 Å². The zero-order valence-electron chi connectivity index (χ0n) is 15.4. The number of thiazole rings is 1. The Morgan fingerprint density at radius 1 is 1.04 bits per heavy atom. The monoisotopic (exact) mass is 395 g/mol.